The first-order chi connectivity index (χ1) is 12.4. The normalized spacial score (nSPS) is 22.5. The van der Waals surface area contributed by atoms with E-state index in [0.29, 0.717) is 19.6 Å². The topological polar surface area (TPSA) is 70.2 Å². The molecular weight excluding hydrogens is 354 g/mol. The lowest BCUT2D eigenvalue weighted by molar-refractivity contribution is -0.134. The second-order valence-electron chi connectivity index (χ2n) is 7.42. The molecule has 2 saturated heterocycles. The van der Waals surface area contributed by atoms with Gasteiger partial charge in [0.1, 0.15) is 0 Å². The molecule has 0 aromatic heterocycles. The van der Waals surface area contributed by atoms with Gasteiger partial charge in [0.25, 0.3) is 0 Å². The first-order valence-electron chi connectivity index (χ1n) is 9.92. The van der Waals surface area contributed by atoms with Gasteiger partial charge >= 0.3 is 0 Å². The van der Waals surface area contributed by atoms with Crippen molar-refractivity contribution >= 4 is 15.9 Å². The quantitative estimate of drug-likeness (QED) is 0.589. The monoisotopic (exact) mass is 389 g/mol. The van der Waals surface area contributed by atoms with Crippen LogP contribution >= 0.6 is 0 Å². The van der Waals surface area contributed by atoms with E-state index < -0.39 is 10.0 Å². The molecule has 0 radical (unpaired) electrons. The van der Waals surface area contributed by atoms with E-state index in [0.717, 1.165) is 58.5 Å². The molecule has 2 aliphatic rings. The molecule has 1 unspecified atom stereocenters. The summed E-state index contributed by atoms with van der Waals surface area (Å²) >= 11 is 0. The standard InChI is InChI=1S/C18H35N3O4S/c1-4-16(5-2)18(22)20-10-7-17(15-20)21(26(3,23)24)9-6-8-19-11-13-25-14-12-19/h16-17H,4-15H2,1-3H3. The van der Waals surface area contributed by atoms with Gasteiger partial charge in [-0.3, -0.25) is 9.69 Å². The van der Waals surface area contributed by atoms with Crippen molar-refractivity contribution in [1.29, 1.82) is 0 Å². The van der Waals surface area contributed by atoms with Crippen LogP contribution in [-0.4, -0.2) is 93.2 Å². The molecule has 0 aromatic carbocycles. The molecule has 8 heteroatoms. The Labute approximate surface area is 158 Å². The lowest BCUT2D eigenvalue weighted by atomic mass is 10.0. The van der Waals surface area contributed by atoms with Gasteiger partial charge in [0.15, 0.2) is 0 Å². The minimum Gasteiger partial charge on any atom is -0.379 e. The van der Waals surface area contributed by atoms with Crippen molar-refractivity contribution < 1.29 is 17.9 Å². The van der Waals surface area contributed by atoms with Gasteiger partial charge in [0.2, 0.25) is 15.9 Å². The maximum absolute atomic E-state index is 12.6. The number of sulfonamides is 1. The van der Waals surface area contributed by atoms with Gasteiger partial charge in [-0.25, -0.2) is 8.42 Å². The predicted molar refractivity (Wildman–Crippen MR) is 102 cm³/mol. The number of carbonyl (C=O) groups is 1. The molecule has 2 fully saturated rings. The van der Waals surface area contributed by atoms with Gasteiger partial charge in [0.05, 0.1) is 19.5 Å². The highest BCUT2D eigenvalue weighted by Gasteiger charge is 2.35. The summed E-state index contributed by atoms with van der Waals surface area (Å²) in [6, 6.07) is -0.0898. The molecule has 0 aromatic rings. The molecule has 1 amide bonds. The van der Waals surface area contributed by atoms with E-state index in [1.54, 1.807) is 4.31 Å². The predicted octanol–water partition coefficient (Wildman–Crippen LogP) is 1.01. The third kappa shape index (κ3) is 5.90. The van der Waals surface area contributed by atoms with Crippen molar-refractivity contribution in [3.05, 3.63) is 0 Å². The number of likely N-dealkylation sites (tertiary alicyclic amines) is 1. The van der Waals surface area contributed by atoms with Crippen LogP contribution in [0.5, 0.6) is 0 Å². The summed E-state index contributed by atoms with van der Waals surface area (Å²) in [6.45, 7) is 10.0. The number of rotatable bonds is 9. The van der Waals surface area contributed by atoms with E-state index in [4.69, 9.17) is 4.74 Å². The average Bonchev–Trinajstić information content (AvgIpc) is 3.09. The minimum atomic E-state index is -3.28. The highest BCUT2D eigenvalue weighted by molar-refractivity contribution is 7.88. The highest BCUT2D eigenvalue weighted by Crippen LogP contribution is 2.22. The molecule has 2 rings (SSSR count). The number of nitrogens with zero attached hydrogens (tertiary/aromatic N) is 3. The minimum absolute atomic E-state index is 0.0572. The van der Waals surface area contributed by atoms with Gasteiger partial charge < -0.3 is 9.64 Å². The first kappa shape index (κ1) is 21.6. The van der Waals surface area contributed by atoms with Crippen LogP contribution in [0.4, 0.5) is 0 Å². The lowest BCUT2D eigenvalue weighted by Gasteiger charge is -2.30. The van der Waals surface area contributed by atoms with Crippen molar-refractivity contribution in [2.24, 2.45) is 5.92 Å². The van der Waals surface area contributed by atoms with E-state index in [-0.39, 0.29) is 17.9 Å². The van der Waals surface area contributed by atoms with Crippen molar-refractivity contribution in [1.82, 2.24) is 14.1 Å². The Morgan fingerprint density at radius 1 is 1.19 bits per heavy atom. The highest BCUT2D eigenvalue weighted by atomic mass is 32.2. The molecule has 152 valence electrons. The van der Waals surface area contributed by atoms with Gasteiger partial charge in [-0.1, -0.05) is 13.8 Å². The Balaban J connectivity index is 1.90. The van der Waals surface area contributed by atoms with E-state index in [1.165, 1.54) is 6.26 Å². The van der Waals surface area contributed by atoms with Gasteiger partial charge in [-0.05, 0) is 32.2 Å². The molecule has 0 spiro atoms. The molecular formula is C18H35N3O4S. The van der Waals surface area contributed by atoms with Gasteiger partial charge in [-0.2, -0.15) is 4.31 Å². The summed E-state index contributed by atoms with van der Waals surface area (Å²) in [5.74, 6) is 0.237. The number of ether oxygens (including phenoxy) is 1. The molecule has 26 heavy (non-hydrogen) atoms. The van der Waals surface area contributed by atoms with Crippen LogP contribution in [0.15, 0.2) is 0 Å². The molecule has 2 aliphatic heterocycles. The zero-order chi connectivity index (χ0) is 19.2. The number of carbonyl (C=O) groups excluding carboxylic acids is 1. The van der Waals surface area contributed by atoms with Crippen LogP contribution in [0, 0.1) is 5.92 Å². The van der Waals surface area contributed by atoms with Gasteiger partial charge in [0, 0.05) is 44.7 Å². The fourth-order valence-electron chi connectivity index (χ4n) is 3.97. The first-order valence-corrected chi connectivity index (χ1v) is 11.8. The Morgan fingerprint density at radius 2 is 1.85 bits per heavy atom. The Bertz CT molecular complexity index is 545. The van der Waals surface area contributed by atoms with Crippen molar-refractivity contribution in [2.45, 2.75) is 45.6 Å². The molecule has 0 N–H and O–H groups in total. The van der Waals surface area contributed by atoms with Crippen LogP contribution in [0.1, 0.15) is 39.5 Å². The fraction of sp³-hybridized carbons (Fsp3) is 0.944. The molecule has 7 nitrogen and oxygen atoms in total. The van der Waals surface area contributed by atoms with Crippen LogP contribution in [-0.2, 0) is 19.6 Å². The zero-order valence-electron chi connectivity index (χ0n) is 16.5. The SMILES string of the molecule is CCC(CC)C(=O)N1CCC(N(CCCN2CCOCC2)S(C)(=O)=O)C1. The third-order valence-electron chi connectivity index (χ3n) is 5.60. The van der Waals surface area contributed by atoms with E-state index in [1.807, 2.05) is 18.7 Å². The van der Waals surface area contributed by atoms with E-state index in [2.05, 4.69) is 4.90 Å². The molecule has 0 saturated carbocycles. The molecule has 0 bridgehead atoms. The van der Waals surface area contributed by atoms with Crippen molar-refractivity contribution in [3.8, 4) is 0 Å². The zero-order valence-corrected chi connectivity index (χ0v) is 17.3. The molecule has 1 atom stereocenters. The average molecular weight is 390 g/mol. The van der Waals surface area contributed by atoms with E-state index in [9.17, 15) is 13.2 Å². The Hall–Kier alpha value is -0.700. The van der Waals surface area contributed by atoms with Crippen LogP contribution < -0.4 is 0 Å². The number of amides is 1. The lowest BCUT2D eigenvalue weighted by Crippen LogP contribution is -2.44. The summed E-state index contributed by atoms with van der Waals surface area (Å²) in [6.07, 6.45) is 4.51. The van der Waals surface area contributed by atoms with Crippen molar-refractivity contribution in [2.75, 3.05) is 58.7 Å². The smallest absolute Gasteiger partial charge is 0.225 e. The molecule has 0 aliphatic carbocycles. The fourth-order valence-corrected chi connectivity index (χ4v) is 5.14. The van der Waals surface area contributed by atoms with E-state index >= 15 is 0 Å². The maximum atomic E-state index is 12.6. The largest absolute Gasteiger partial charge is 0.379 e. The number of hydrogen-bond donors (Lipinski definition) is 0. The third-order valence-corrected chi connectivity index (χ3v) is 6.93. The summed E-state index contributed by atoms with van der Waals surface area (Å²) in [5, 5.41) is 0. The maximum Gasteiger partial charge on any atom is 0.225 e. The summed E-state index contributed by atoms with van der Waals surface area (Å²) in [4.78, 5) is 16.8. The van der Waals surface area contributed by atoms with Crippen LogP contribution in [0.3, 0.4) is 0 Å². The second kappa shape index (κ2) is 10.0. The second-order valence-corrected chi connectivity index (χ2v) is 9.36. The summed E-state index contributed by atoms with van der Waals surface area (Å²) in [5.41, 5.74) is 0. The number of hydrogen-bond acceptors (Lipinski definition) is 5. The summed E-state index contributed by atoms with van der Waals surface area (Å²) in [7, 11) is -3.28. The van der Waals surface area contributed by atoms with Crippen molar-refractivity contribution in [3.63, 3.8) is 0 Å². The van der Waals surface area contributed by atoms with Gasteiger partial charge in [-0.15, -0.1) is 0 Å². The Kier molecular flexibility index (Phi) is 8.32. The summed E-state index contributed by atoms with van der Waals surface area (Å²) < 4.78 is 31.6. The Morgan fingerprint density at radius 3 is 2.42 bits per heavy atom. The molecule has 2 heterocycles. The van der Waals surface area contributed by atoms with Crippen LogP contribution in [0.25, 0.3) is 0 Å². The number of morpholine rings is 1. The van der Waals surface area contributed by atoms with Crippen LogP contribution in [0.2, 0.25) is 0 Å².